The fourth-order valence-corrected chi connectivity index (χ4v) is 2.78. The van der Waals surface area contributed by atoms with Crippen LogP contribution in [0, 0.1) is 6.92 Å². The number of nitrogens with zero attached hydrogens (tertiary/aromatic N) is 1. The summed E-state index contributed by atoms with van der Waals surface area (Å²) in [6.45, 7) is 14.9. The predicted molar refractivity (Wildman–Crippen MR) is 116 cm³/mol. The fourth-order valence-electron chi connectivity index (χ4n) is 2.78. The first-order chi connectivity index (χ1) is 13.0. The average molecular weight is 381 g/mol. The van der Waals surface area contributed by atoms with E-state index in [1.165, 1.54) is 11.1 Å². The number of aryl methyl sites for hydroxylation is 1. The molecule has 4 nitrogen and oxygen atoms in total. The Morgan fingerprint density at radius 2 is 1.64 bits per heavy atom. The van der Waals surface area contributed by atoms with Crippen molar-refractivity contribution in [2.45, 2.75) is 59.3 Å². The number of benzene rings is 2. The van der Waals surface area contributed by atoms with Crippen molar-refractivity contribution in [3.05, 3.63) is 64.7 Å². The largest absolute Gasteiger partial charge is 0.483 e. The summed E-state index contributed by atoms with van der Waals surface area (Å²) in [5, 5.41) is 4.03. The summed E-state index contributed by atoms with van der Waals surface area (Å²) >= 11 is 0. The van der Waals surface area contributed by atoms with E-state index in [1.807, 2.05) is 24.3 Å². The molecule has 1 N–H and O–H groups in total. The van der Waals surface area contributed by atoms with Crippen molar-refractivity contribution in [2.24, 2.45) is 5.10 Å². The van der Waals surface area contributed by atoms with Gasteiger partial charge in [-0.1, -0.05) is 83.5 Å². The third-order valence-corrected chi connectivity index (χ3v) is 4.48. The third-order valence-electron chi connectivity index (χ3n) is 4.48. The van der Waals surface area contributed by atoms with Crippen molar-refractivity contribution in [1.82, 2.24) is 5.43 Å². The molecule has 0 aliphatic carbocycles. The summed E-state index contributed by atoms with van der Waals surface area (Å²) in [6.07, 6.45) is 1.64. The molecule has 0 heterocycles. The SMILES string of the molecule is Cc1ccc(OCC(=O)N/N=C/c2ccc(C(C)(C)C)cc2)c(C(C)(C)C)c1. The van der Waals surface area contributed by atoms with Crippen LogP contribution in [0.15, 0.2) is 47.6 Å². The zero-order valence-corrected chi connectivity index (χ0v) is 18.1. The average Bonchev–Trinajstić information content (AvgIpc) is 2.59. The van der Waals surface area contributed by atoms with Gasteiger partial charge in [-0.15, -0.1) is 0 Å². The highest BCUT2D eigenvalue weighted by Gasteiger charge is 2.19. The molecular formula is C24H32N2O2. The molecule has 0 aliphatic heterocycles. The zero-order valence-electron chi connectivity index (χ0n) is 18.1. The van der Waals surface area contributed by atoms with E-state index in [0.717, 1.165) is 16.9 Å². The van der Waals surface area contributed by atoms with E-state index in [0.29, 0.717) is 0 Å². The Morgan fingerprint density at radius 3 is 2.21 bits per heavy atom. The van der Waals surface area contributed by atoms with Gasteiger partial charge in [-0.3, -0.25) is 4.79 Å². The van der Waals surface area contributed by atoms with E-state index >= 15 is 0 Å². The highest BCUT2D eigenvalue weighted by atomic mass is 16.5. The van der Waals surface area contributed by atoms with Crippen LogP contribution in [-0.4, -0.2) is 18.7 Å². The van der Waals surface area contributed by atoms with Gasteiger partial charge < -0.3 is 4.74 Å². The molecule has 0 saturated heterocycles. The number of nitrogens with one attached hydrogen (secondary N) is 1. The quantitative estimate of drug-likeness (QED) is 0.578. The molecule has 0 aromatic heterocycles. The van der Waals surface area contributed by atoms with Gasteiger partial charge in [0.25, 0.3) is 5.91 Å². The molecule has 0 saturated carbocycles. The van der Waals surface area contributed by atoms with Crippen LogP contribution in [-0.2, 0) is 15.6 Å². The molecule has 0 unspecified atom stereocenters. The van der Waals surface area contributed by atoms with Crippen molar-refractivity contribution in [3.8, 4) is 5.75 Å². The van der Waals surface area contributed by atoms with Gasteiger partial charge >= 0.3 is 0 Å². The lowest BCUT2D eigenvalue weighted by Crippen LogP contribution is -2.25. The monoisotopic (exact) mass is 380 g/mol. The van der Waals surface area contributed by atoms with E-state index in [4.69, 9.17) is 4.74 Å². The fraction of sp³-hybridized carbons (Fsp3) is 0.417. The zero-order chi connectivity index (χ0) is 20.9. The molecule has 28 heavy (non-hydrogen) atoms. The van der Waals surface area contributed by atoms with Gasteiger partial charge in [-0.2, -0.15) is 5.10 Å². The molecule has 0 atom stereocenters. The molecule has 0 bridgehead atoms. The van der Waals surface area contributed by atoms with Gasteiger partial charge in [0, 0.05) is 0 Å². The molecule has 150 valence electrons. The molecule has 0 aliphatic rings. The summed E-state index contributed by atoms with van der Waals surface area (Å²) < 4.78 is 5.75. The van der Waals surface area contributed by atoms with Crippen molar-refractivity contribution < 1.29 is 9.53 Å². The Balaban J connectivity index is 1.92. The lowest BCUT2D eigenvalue weighted by Gasteiger charge is -2.23. The lowest BCUT2D eigenvalue weighted by molar-refractivity contribution is -0.123. The van der Waals surface area contributed by atoms with Crippen LogP contribution < -0.4 is 10.2 Å². The van der Waals surface area contributed by atoms with Crippen molar-refractivity contribution in [2.75, 3.05) is 6.61 Å². The Morgan fingerprint density at radius 1 is 1.00 bits per heavy atom. The third kappa shape index (κ3) is 6.22. The van der Waals surface area contributed by atoms with Crippen LogP contribution in [0.5, 0.6) is 5.75 Å². The summed E-state index contributed by atoms with van der Waals surface area (Å²) in [6, 6.07) is 14.2. The number of amides is 1. The topological polar surface area (TPSA) is 50.7 Å². The number of ether oxygens (including phenoxy) is 1. The molecule has 0 spiro atoms. The smallest absolute Gasteiger partial charge is 0.277 e. The molecule has 4 heteroatoms. The maximum absolute atomic E-state index is 12.1. The molecular weight excluding hydrogens is 348 g/mol. The predicted octanol–water partition coefficient (Wildman–Crippen LogP) is 5.12. The van der Waals surface area contributed by atoms with E-state index in [9.17, 15) is 4.79 Å². The van der Waals surface area contributed by atoms with Gasteiger partial charge in [0.05, 0.1) is 6.21 Å². The van der Waals surface area contributed by atoms with Gasteiger partial charge in [-0.05, 0) is 40.5 Å². The highest BCUT2D eigenvalue weighted by Crippen LogP contribution is 2.32. The van der Waals surface area contributed by atoms with Crippen LogP contribution in [0.1, 0.15) is 63.8 Å². The minimum absolute atomic E-state index is 0.0603. The molecule has 0 radical (unpaired) electrons. The maximum Gasteiger partial charge on any atom is 0.277 e. The normalized spacial score (nSPS) is 12.2. The molecule has 0 fully saturated rings. The van der Waals surface area contributed by atoms with E-state index in [-0.39, 0.29) is 23.3 Å². The maximum atomic E-state index is 12.1. The Labute approximate surface area is 169 Å². The standard InChI is InChI=1S/C24H32N2O2/c1-17-8-13-21(20(14-17)24(5,6)7)28-16-22(27)26-25-15-18-9-11-19(12-10-18)23(2,3)4/h8-15H,16H2,1-7H3,(H,26,27)/b25-15+. The van der Waals surface area contributed by atoms with Crippen molar-refractivity contribution >= 4 is 12.1 Å². The Kier molecular flexibility index (Phi) is 6.65. The Bertz CT molecular complexity index is 838. The molecule has 2 aromatic carbocycles. The number of hydrogen-bond acceptors (Lipinski definition) is 3. The van der Waals surface area contributed by atoms with E-state index in [2.05, 4.69) is 77.2 Å². The second-order valence-electron chi connectivity index (χ2n) is 9.20. The molecule has 1 amide bonds. The van der Waals surface area contributed by atoms with Crippen LogP contribution in [0.25, 0.3) is 0 Å². The Hall–Kier alpha value is -2.62. The number of hydrazone groups is 1. The number of hydrogen-bond donors (Lipinski definition) is 1. The highest BCUT2D eigenvalue weighted by molar-refractivity contribution is 5.83. The van der Waals surface area contributed by atoms with E-state index in [1.54, 1.807) is 6.21 Å². The van der Waals surface area contributed by atoms with Crippen molar-refractivity contribution in [3.63, 3.8) is 0 Å². The second kappa shape index (κ2) is 8.59. The van der Waals surface area contributed by atoms with Crippen LogP contribution in [0.2, 0.25) is 0 Å². The van der Waals surface area contributed by atoms with Gasteiger partial charge in [0.2, 0.25) is 0 Å². The van der Waals surface area contributed by atoms with Gasteiger partial charge in [0.1, 0.15) is 5.75 Å². The molecule has 2 rings (SSSR count). The van der Waals surface area contributed by atoms with Gasteiger partial charge in [-0.25, -0.2) is 5.43 Å². The van der Waals surface area contributed by atoms with Crippen LogP contribution in [0.3, 0.4) is 0 Å². The summed E-state index contributed by atoms with van der Waals surface area (Å²) in [5.41, 5.74) is 7.02. The number of carbonyl (C=O) groups is 1. The summed E-state index contributed by atoms with van der Waals surface area (Å²) in [4.78, 5) is 12.1. The first kappa shape index (κ1) is 21.7. The minimum atomic E-state index is -0.289. The van der Waals surface area contributed by atoms with Crippen LogP contribution >= 0.6 is 0 Å². The van der Waals surface area contributed by atoms with E-state index < -0.39 is 0 Å². The van der Waals surface area contributed by atoms with Gasteiger partial charge in [0.15, 0.2) is 6.61 Å². The summed E-state index contributed by atoms with van der Waals surface area (Å²) in [5.74, 6) is 0.443. The molecule has 2 aromatic rings. The first-order valence-corrected chi connectivity index (χ1v) is 9.63. The van der Waals surface area contributed by atoms with Crippen LogP contribution in [0.4, 0.5) is 0 Å². The second-order valence-corrected chi connectivity index (χ2v) is 9.20. The number of rotatable bonds is 5. The number of carbonyl (C=O) groups excluding carboxylic acids is 1. The van der Waals surface area contributed by atoms with Crippen molar-refractivity contribution in [1.29, 1.82) is 0 Å². The summed E-state index contributed by atoms with van der Waals surface area (Å²) in [7, 11) is 0. The first-order valence-electron chi connectivity index (χ1n) is 9.63. The minimum Gasteiger partial charge on any atom is -0.483 e. The lowest BCUT2D eigenvalue weighted by atomic mass is 9.85.